The summed E-state index contributed by atoms with van der Waals surface area (Å²) in [5.41, 5.74) is 7.01. The topological polar surface area (TPSA) is 25.2 Å². The highest BCUT2D eigenvalue weighted by molar-refractivity contribution is 5.45. The van der Waals surface area contributed by atoms with Crippen LogP contribution in [0.1, 0.15) is 61.6 Å². The quantitative estimate of drug-likeness (QED) is 0.800. The Hall–Kier alpha value is -1.54. The van der Waals surface area contributed by atoms with Crippen molar-refractivity contribution in [3.63, 3.8) is 0 Å². The van der Waals surface area contributed by atoms with Gasteiger partial charge in [-0.05, 0) is 54.1 Å². The lowest BCUT2D eigenvalue weighted by molar-refractivity contribution is 0.551. The van der Waals surface area contributed by atoms with Gasteiger partial charge in [0.05, 0.1) is 18.6 Å². The molecule has 21 heavy (non-hydrogen) atoms. The Morgan fingerprint density at radius 3 is 2.10 bits per heavy atom. The maximum absolute atomic E-state index is 5.32. The Morgan fingerprint density at radius 2 is 1.67 bits per heavy atom. The SMILES string of the molecule is CCNC(c1ccoc1)c1c(CC)cc(CC)cc1CC. The van der Waals surface area contributed by atoms with E-state index in [9.17, 15) is 0 Å². The lowest BCUT2D eigenvalue weighted by atomic mass is 9.87. The van der Waals surface area contributed by atoms with Crippen LogP contribution in [0.3, 0.4) is 0 Å². The Balaban J connectivity index is 2.57. The van der Waals surface area contributed by atoms with Crippen molar-refractivity contribution in [1.29, 1.82) is 0 Å². The van der Waals surface area contributed by atoms with Gasteiger partial charge in [0.15, 0.2) is 0 Å². The first-order chi connectivity index (χ1) is 10.2. The molecule has 114 valence electrons. The first-order valence-corrected chi connectivity index (χ1v) is 8.15. The van der Waals surface area contributed by atoms with Crippen LogP contribution in [0.5, 0.6) is 0 Å². The molecule has 0 saturated carbocycles. The Labute approximate surface area is 128 Å². The zero-order valence-corrected chi connectivity index (χ0v) is 13.7. The molecule has 1 heterocycles. The lowest BCUT2D eigenvalue weighted by Gasteiger charge is -2.24. The number of furan rings is 1. The minimum absolute atomic E-state index is 0.226. The van der Waals surface area contributed by atoms with E-state index < -0.39 is 0 Å². The molecule has 0 fully saturated rings. The van der Waals surface area contributed by atoms with Crippen LogP contribution in [0, 0.1) is 0 Å². The molecule has 1 N–H and O–H groups in total. The number of hydrogen-bond acceptors (Lipinski definition) is 2. The molecular weight excluding hydrogens is 258 g/mol. The van der Waals surface area contributed by atoms with Crippen molar-refractivity contribution in [2.24, 2.45) is 0 Å². The number of aryl methyl sites for hydroxylation is 3. The van der Waals surface area contributed by atoms with E-state index in [4.69, 9.17) is 4.42 Å². The van der Waals surface area contributed by atoms with E-state index in [1.165, 1.54) is 27.8 Å². The first-order valence-electron chi connectivity index (χ1n) is 8.15. The monoisotopic (exact) mass is 285 g/mol. The van der Waals surface area contributed by atoms with Crippen LogP contribution in [0.15, 0.2) is 35.1 Å². The molecule has 2 nitrogen and oxygen atoms in total. The highest BCUT2D eigenvalue weighted by atomic mass is 16.3. The van der Waals surface area contributed by atoms with Gasteiger partial charge < -0.3 is 9.73 Å². The lowest BCUT2D eigenvalue weighted by Crippen LogP contribution is -2.24. The minimum atomic E-state index is 0.226. The maximum Gasteiger partial charge on any atom is 0.0953 e. The Bertz CT molecular complexity index is 532. The minimum Gasteiger partial charge on any atom is -0.472 e. The van der Waals surface area contributed by atoms with Gasteiger partial charge in [0, 0.05) is 5.56 Å². The predicted molar refractivity (Wildman–Crippen MR) is 88.8 cm³/mol. The largest absolute Gasteiger partial charge is 0.472 e. The van der Waals surface area contributed by atoms with Crippen LogP contribution in [-0.2, 0) is 19.3 Å². The van der Waals surface area contributed by atoms with E-state index >= 15 is 0 Å². The van der Waals surface area contributed by atoms with Crippen LogP contribution in [0.4, 0.5) is 0 Å². The van der Waals surface area contributed by atoms with E-state index in [1.807, 2.05) is 6.26 Å². The average molecular weight is 285 g/mol. The molecule has 0 aliphatic carbocycles. The van der Waals surface area contributed by atoms with Crippen molar-refractivity contribution in [1.82, 2.24) is 5.32 Å². The van der Waals surface area contributed by atoms with Gasteiger partial charge in [-0.15, -0.1) is 0 Å². The molecule has 1 atom stereocenters. The fourth-order valence-corrected chi connectivity index (χ4v) is 3.04. The van der Waals surface area contributed by atoms with Crippen LogP contribution >= 0.6 is 0 Å². The van der Waals surface area contributed by atoms with Crippen molar-refractivity contribution in [3.8, 4) is 0 Å². The van der Waals surface area contributed by atoms with Crippen LogP contribution in [0.25, 0.3) is 0 Å². The summed E-state index contributed by atoms with van der Waals surface area (Å²) in [7, 11) is 0. The van der Waals surface area contributed by atoms with E-state index in [0.717, 1.165) is 25.8 Å². The molecule has 0 spiro atoms. The van der Waals surface area contributed by atoms with Crippen LogP contribution in [0.2, 0.25) is 0 Å². The van der Waals surface area contributed by atoms with Crippen LogP contribution < -0.4 is 5.32 Å². The maximum atomic E-state index is 5.32. The summed E-state index contributed by atoms with van der Waals surface area (Å²) in [6.07, 6.45) is 6.85. The summed E-state index contributed by atoms with van der Waals surface area (Å²) in [5.74, 6) is 0. The van der Waals surface area contributed by atoms with Crippen molar-refractivity contribution in [3.05, 3.63) is 58.5 Å². The standard InChI is InChI=1S/C19H27NO/c1-5-14-11-15(6-2)18(16(7-3)12-14)19(20-8-4)17-9-10-21-13-17/h9-13,19-20H,5-8H2,1-4H3. The molecule has 0 radical (unpaired) electrons. The van der Waals surface area contributed by atoms with Crippen molar-refractivity contribution in [2.75, 3.05) is 6.54 Å². The summed E-state index contributed by atoms with van der Waals surface area (Å²) >= 11 is 0. The van der Waals surface area contributed by atoms with Gasteiger partial charge in [0.25, 0.3) is 0 Å². The predicted octanol–water partition coefficient (Wildman–Crippen LogP) is 4.67. The summed E-state index contributed by atoms with van der Waals surface area (Å²) in [4.78, 5) is 0. The third-order valence-electron chi connectivity index (χ3n) is 4.15. The molecule has 0 aliphatic heterocycles. The smallest absolute Gasteiger partial charge is 0.0953 e. The number of benzene rings is 1. The molecule has 0 amide bonds. The fraction of sp³-hybridized carbons (Fsp3) is 0.474. The molecule has 2 heteroatoms. The highest BCUT2D eigenvalue weighted by Gasteiger charge is 2.20. The Morgan fingerprint density at radius 1 is 1.00 bits per heavy atom. The molecule has 0 aliphatic rings. The van der Waals surface area contributed by atoms with Crippen LogP contribution in [-0.4, -0.2) is 6.54 Å². The summed E-state index contributed by atoms with van der Waals surface area (Å²) in [6, 6.07) is 7.04. The zero-order valence-electron chi connectivity index (χ0n) is 13.7. The summed E-state index contributed by atoms with van der Waals surface area (Å²) in [6.45, 7) is 9.82. The van der Waals surface area contributed by atoms with Crippen molar-refractivity contribution < 1.29 is 4.42 Å². The Kier molecular flexibility index (Phi) is 5.63. The zero-order chi connectivity index (χ0) is 15.2. The van der Waals surface area contributed by atoms with Gasteiger partial charge in [0.1, 0.15) is 0 Å². The number of hydrogen-bond donors (Lipinski definition) is 1. The van der Waals surface area contributed by atoms with Crippen molar-refractivity contribution in [2.45, 2.75) is 53.0 Å². The van der Waals surface area contributed by atoms with Gasteiger partial charge in [-0.1, -0.05) is 39.8 Å². The van der Waals surface area contributed by atoms with Gasteiger partial charge in [0.2, 0.25) is 0 Å². The third kappa shape index (κ3) is 3.38. The molecule has 0 saturated heterocycles. The third-order valence-corrected chi connectivity index (χ3v) is 4.15. The molecular formula is C19H27NO. The molecule has 2 aromatic rings. The molecule has 0 bridgehead atoms. The summed E-state index contributed by atoms with van der Waals surface area (Å²) < 4.78 is 5.32. The highest BCUT2D eigenvalue weighted by Crippen LogP contribution is 2.31. The van der Waals surface area contributed by atoms with Gasteiger partial charge in [-0.3, -0.25) is 0 Å². The van der Waals surface area contributed by atoms with E-state index in [-0.39, 0.29) is 6.04 Å². The van der Waals surface area contributed by atoms with E-state index in [0.29, 0.717) is 0 Å². The number of rotatable bonds is 7. The van der Waals surface area contributed by atoms with Gasteiger partial charge >= 0.3 is 0 Å². The normalized spacial score (nSPS) is 12.6. The van der Waals surface area contributed by atoms with Crippen molar-refractivity contribution >= 4 is 0 Å². The molecule has 1 unspecified atom stereocenters. The second kappa shape index (κ2) is 7.46. The molecule has 2 rings (SSSR count). The first kappa shape index (κ1) is 15.8. The summed E-state index contributed by atoms with van der Waals surface area (Å²) in [5, 5.41) is 3.63. The number of nitrogens with one attached hydrogen (secondary N) is 1. The van der Waals surface area contributed by atoms with E-state index in [2.05, 4.69) is 51.2 Å². The van der Waals surface area contributed by atoms with Gasteiger partial charge in [-0.25, -0.2) is 0 Å². The fourth-order valence-electron chi connectivity index (χ4n) is 3.04. The van der Waals surface area contributed by atoms with E-state index in [1.54, 1.807) is 6.26 Å². The average Bonchev–Trinajstić information content (AvgIpc) is 3.05. The second-order valence-corrected chi connectivity index (χ2v) is 5.44. The second-order valence-electron chi connectivity index (χ2n) is 5.44. The molecule has 1 aromatic heterocycles. The molecule has 1 aromatic carbocycles. The van der Waals surface area contributed by atoms with Gasteiger partial charge in [-0.2, -0.15) is 0 Å².